The molecule has 1 aliphatic rings. The van der Waals surface area contributed by atoms with Crippen molar-refractivity contribution in [2.24, 2.45) is 0 Å². The number of nitrogens with one attached hydrogen (secondary N) is 1. The molecular weight excluding hydrogens is 200 g/mol. The Balaban J connectivity index is 2.09. The summed E-state index contributed by atoms with van der Waals surface area (Å²) in [5.74, 6) is 0. The van der Waals surface area contributed by atoms with Gasteiger partial charge >= 0.3 is 0 Å². The van der Waals surface area contributed by atoms with Crippen LogP contribution >= 0.6 is 0 Å². The van der Waals surface area contributed by atoms with Crippen LogP contribution in [0.25, 0.3) is 0 Å². The summed E-state index contributed by atoms with van der Waals surface area (Å²) in [4.78, 5) is 2.38. The van der Waals surface area contributed by atoms with Gasteiger partial charge in [-0.15, -0.1) is 0 Å². The van der Waals surface area contributed by atoms with Crippen LogP contribution in [-0.4, -0.2) is 50.3 Å². The topological polar surface area (TPSA) is 24.5 Å². The van der Waals surface area contributed by atoms with E-state index in [2.05, 4.69) is 30.6 Å². The number of hydrogen-bond acceptors (Lipinski definition) is 3. The quantitative estimate of drug-likeness (QED) is 0.668. The van der Waals surface area contributed by atoms with E-state index in [1.54, 1.807) is 0 Å². The first-order valence-corrected chi connectivity index (χ1v) is 6.41. The van der Waals surface area contributed by atoms with Gasteiger partial charge in [-0.1, -0.05) is 19.1 Å². The Morgan fingerprint density at radius 2 is 2.12 bits per heavy atom. The first-order chi connectivity index (χ1) is 7.72. The summed E-state index contributed by atoms with van der Waals surface area (Å²) in [5.41, 5.74) is 1.23. The molecule has 1 heterocycles. The van der Waals surface area contributed by atoms with Gasteiger partial charge in [0.15, 0.2) is 0 Å². The minimum absolute atomic E-state index is 0.477. The predicted molar refractivity (Wildman–Crippen MR) is 68.8 cm³/mol. The molecule has 3 nitrogen and oxygen atoms in total. The highest BCUT2D eigenvalue weighted by molar-refractivity contribution is 4.91. The van der Waals surface area contributed by atoms with Crippen LogP contribution in [0.15, 0.2) is 12.2 Å². The van der Waals surface area contributed by atoms with Crippen molar-refractivity contribution in [1.82, 2.24) is 10.2 Å². The summed E-state index contributed by atoms with van der Waals surface area (Å²) < 4.78 is 5.89. The van der Waals surface area contributed by atoms with Gasteiger partial charge in [0, 0.05) is 13.1 Å². The average molecular weight is 226 g/mol. The van der Waals surface area contributed by atoms with Crippen LogP contribution < -0.4 is 5.32 Å². The Morgan fingerprint density at radius 1 is 1.44 bits per heavy atom. The lowest BCUT2D eigenvalue weighted by Crippen LogP contribution is -2.35. The number of rotatable bonds is 7. The van der Waals surface area contributed by atoms with Crippen molar-refractivity contribution in [3.63, 3.8) is 0 Å². The van der Waals surface area contributed by atoms with Crippen molar-refractivity contribution in [1.29, 1.82) is 0 Å². The van der Waals surface area contributed by atoms with Gasteiger partial charge in [0.1, 0.15) is 0 Å². The van der Waals surface area contributed by atoms with E-state index in [9.17, 15) is 0 Å². The monoisotopic (exact) mass is 226 g/mol. The molecule has 1 N–H and O–H groups in total. The van der Waals surface area contributed by atoms with Crippen molar-refractivity contribution in [3.05, 3.63) is 12.2 Å². The molecule has 3 heteroatoms. The van der Waals surface area contributed by atoms with Crippen molar-refractivity contribution >= 4 is 0 Å². The molecular formula is C13H26N2O. The van der Waals surface area contributed by atoms with Gasteiger partial charge in [0.05, 0.1) is 12.7 Å². The van der Waals surface area contributed by atoms with E-state index in [0.29, 0.717) is 6.10 Å². The molecule has 0 radical (unpaired) electrons. The van der Waals surface area contributed by atoms with Crippen LogP contribution in [-0.2, 0) is 4.74 Å². The molecule has 0 aromatic carbocycles. The van der Waals surface area contributed by atoms with Crippen LogP contribution in [0, 0.1) is 0 Å². The number of nitrogens with zero attached hydrogens (tertiary/aromatic N) is 1. The number of likely N-dealkylation sites (N-methyl/N-ethyl adjacent to an activating group) is 1. The normalized spacial score (nSPS) is 17.9. The van der Waals surface area contributed by atoms with Gasteiger partial charge < -0.3 is 10.1 Å². The zero-order chi connectivity index (χ0) is 11.8. The second-order valence-electron chi connectivity index (χ2n) is 4.65. The van der Waals surface area contributed by atoms with Gasteiger partial charge in [0.2, 0.25) is 0 Å². The maximum Gasteiger partial charge on any atom is 0.0600 e. The Hall–Kier alpha value is -0.380. The van der Waals surface area contributed by atoms with E-state index >= 15 is 0 Å². The van der Waals surface area contributed by atoms with Gasteiger partial charge in [-0.25, -0.2) is 0 Å². The van der Waals surface area contributed by atoms with Crippen molar-refractivity contribution < 1.29 is 4.74 Å². The third-order valence-corrected chi connectivity index (χ3v) is 2.99. The fourth-order valence-corrected chi connectivity index (χ4v) is 2.04. The Labute approximate surface area is 99.8 Å². The standard InChI is InChI=1S/C13H26N2O/c1-4-15(11-12(2)3)9-10-16-13-5-7-14-8-6-13/h13-14H,2,4-11H2,1,3H3. The maximum absolute atomic E-state index is 5.89. The smallest absolute Gasteiger partial charge is 0.0600 e. The van der Waals surface area contributed by atoms with Crippen LogP contribution in [0.2, 0.25) is 0 Å². The van der Waals surface area contributed by atoms with E-state index < -0.39 is 0 Å². The van der Waals surface area contributed by atoms with Crippen molar-refractivity contribution in [2.75, 3.05) is 39.3 Å². The predicted octanol–water partition coefficient (Wildman–Crippen LogP) is 1.65. The lowest BCUT2D eigenvalue weighted by atomic mass is 10.1. The highest BCUT2D eigenvalue weighted by Gasteiger charge is 2.13. The molecule has 94 valence electrons. The van der Waals surface area contributed by atoms with Gasteiger partial charge in [-0.05, 0) is 39.4 Å². The molecule has 1 aliphatic heterocycles. The zero-order valence-corrected chi connectivity index (χ0v) is 10.8. The average Bonchev–Trinajstić information content (AvgIpc) is 2.28. The lowest BCUT2D eigenvalue weighted by molar-refractivity contribution is 0.0218. The summed E-state index contributed by atoms with van der Waals surface area (Å²) in [7, 11) is 0. The number of ether oxygens (including phenoxy) is 1. The van der Waals surface area contributed by atoms with E-state index in [4.69, 9.17) is 4.74 Å². The summed E-state index contributed by atoms with van der Waals surface area (Å²) in [6.45, 7) is 14.4. The number of piperidine rings is 1. The van der Waals surface area contributed by atoms with Gasteiger partial charge in [-0.3, -0.25) is 4.90 Å². The highest BCUT2D eigenvalue weighted by atomic mass is 16.5. The molecule has 1 fully saturated rings. The molecule has 0 saturated carbocycles. The summed E-state index contributed by atoms with van der Waals surface area (Å²) >= 11 is 0. The minimum Gasteiger partial charge on any atom is -0.377 e. The largest absolute Gasteiger partial charge is 0.377 e. The van der Waals surface area contributed by atoms with Crippen LogP contribution in [0.1, 0.15) is 26.7 Å². The SMILES string of the molecule is C=C(C)CN(CC)CCOC1CCNCC1. The molecule has 1 saturated heterocycles. The number of hydrogen-bond donors (Lipinski definition) is 1. The summed E-state index contributed by atoms with van der Waals surface area (Å²) in [5, 5.41) is 3.35. The Bertz CT molecular complexity index is 200. The van der Waals surface area contributed by atoms with E-state index in [0.717, 1.165) is 52.2 Å². The van der Waals surface area contributed by atoms with E-state index in [1.165, 1.54) is 5.57 Å². The molecule has 0 amide bonds. The molecule has 16 heavy (non-hydrogen) atoms. The first-order valence-electron chi connectivity index (χ1n) is 6.41. The molecule has 1 rings (SSSR count). The fourth-order valence-electron chi connectivity index (χ4n) is 2.04. The molecule has 0 unspecified atom stereocenters. The summed E-state index contributed by atoms with van der Waals surface area (Å²) in [6, 6.07) is 0. The third-order valence-electron chi connectivity index (χ3n) is 2.99. The summed E-state index contributed by atoms with van der Waals surface area (Å²) in [6.07, 6.45) is 2.80. The Morgan fingerprint density at radius 3 is 2.69 bits per heavy atom. The Kier molecular flexibility index (Phi) is 6.69. The highest BCUT2D eigenvalue weighted by Crippen LogP contribution is 2.07. The van der Waals surface area contributed by atoms with Gasteiger partial charge in [0.25, 0.3) is 0 Å². The van der Waals surface area contributed by atoms with Crippen molar-refractivity contribution in [3.8, 4) is 0 Å². The minimum atomic E-state index is 0.477. The van der Waals surface area contributed by atoms with Crippen LogP contribution in [0.4, 0.5) is 0 Å². The first kappa shape index (κ1) is 13.7. The van der Waals surface area contributed by atoms with E-state index in [-0.39, 0.29) is 0 Å². The molecule has 0 spiro atoms. The zero-order valence-electron chi connectivity index (χ0n) is 10.8. The fraction of sp³-hybridized carbons (Fsp3) is 0.846. The molecule has 0 atom stereocenters. The van der Waals surface area contributed by atoms with Crippen LogP contribution in [0.3, 0.4) is 0 Å². The molecule has 0 aromatic heterocycles. The lowest BCUT2D eigenvalue weighted by Gasteiger charge is -2.25. The second kappa shape index (κ2) is 7.82. The molecule has 0 aromatic rings. The van der Waals surface area contributed by atoms with E-state index in [1.807, 2.05) is 0 Å². The molecule has 0 aliphatic carbocycles. The van der Waals surface area contributed by atoms with Crippen molar-refractivity contribution in [2.45, 2.75) is 32.8 Å². The molecule has 0 bridgehead atoms. The third kappa shape index (κ3) is 5.64. The second-order valence-corrected chi connectivity index (χ2v) is 4.65. The maximum atomic E-state index is 5.89. The van der Waals surface area contributed by atoms with Gasteiger partial charge in [-0.2, -0.15) is 0 Å². The van der Waals surface area contributed by atoms with Crippen LogP contribution in [0.5, 0.6) is 0 Å².